The molecule has 7 heteroatoms. The highest BCUT2D eigenvalue weighted by Crippen LogP contribution is 1.86. The van der Waals surface area contributed by atoms with Crippen molar-refractivity contribution in [3.05, 3.63) is 18.5 Å². The van der Waals surface area contributed by atoms with Crippen LogP contribution in [0.25, 0.3) is 0 Å². The molecule has 6 nitrogen and oxygen atoms in total. The van der Waals surface area contributed by atoms with Gasteiger partial charge in [-0.05, 0) is 19.0 Å². The fourth-order valence-corrected chi connectivity index (χ4v) is 2.29. The summed E-state index contributed by atoms with van der Waals surface area (Å²) in [7, 11) is -3.17. The van der Waals surface area contributed by atoms with Crippen LogP contribution in [0.1, 0.15) is 13.3 Å². The van der Waals surface area contributed by atoms with E-state index in [4.69, 9.17) is 0 Å². The molecule has 1 aromatic heterocycles. The highest BCUT2D eigenvalue weighted by molar-refractivity contribution is 7.89. The Morgan fingerprint density at radius 1 is 1.29 bits per heavy atom. The van der Waals surface area contributed by atoms with E-state index in [0.29, 0.717) is 19.6 Å². The minimum absolute atomic E-state index is 0.117. The Kier molecular flexibility index (Phi) is 6.17. The average molecular weight is 260 g/mol. The van der Waals surface area contributed by atoms with Crippen molar-refractivity contribution in [3.8, 4) is 0 Å². The maximum atomic E-state index is 11.5. The zero-order valence-corrected chi connectivity index (χ0v) is 10.9. The van der Waals surface area contributed by atoms with Crippen molar-refractivity contribution < 1.29 is 8.42 Å². The second-order valence-corrected chi connectivity index (χ2v) is 5.66. The van der Waals surface area contributed by atoms with Gasteiger partial charge in [-0.1, -0.05) is 6.92 Å². The summed E-state index contributed by atoms with van der Waals surface area (Å²) < 4.78 is 27.3. The van der Waals surface area contributed by atoms with Gasteiger partial charge >= 0.3 is 0 Å². The number of nitrogens with zero attached hydrogens (tertiary/aromatic N) is 2. The smallest absolute Gasteiger partial charge is 0.212 e. The summed E-state index contributed by atoms with van der Waals surface area (Å²) in [6.45, 7) is 4.31. The molecule has 0 aliphatic heterocycles. The molecule has 0 bridgehead atoms. The molecule has 1 aromatic rings. The second-order valence-electron chi connectivity index (χ2n) is 3.73. The zero-order valence-electron chi connectivity index (χ0n) is 10.1. The summed E-state index contributed by atoms with van der Waals surface area (Å²) in [5, 5.41) is 7.05. The van der Waals surface area contributed by atoms with Crippen LogP contribution in [-0.4, -0.2) is 43.6 Å². The third-order valence-corrected chi connectivity index (χ3v) is 3.58. The predicted octanol–water partition coefficient (Wildman–Crippen LogP) is -0.198. The standard InChI is InChI=1S/C10H20N4O2S/c1-2-4-11-7-10-17(15,16)13-6-9-14-8-3-5-12-14/h3,5,8,11,13H,2,4,6-7,9-10H2,1H3. The van der Waals surface area contributed by atoms with Crippen molar-refractivity contribution in [1.82, 2.24) is 19.8 Å². The SMILES string of the molecule is CCCNCCS(=O)(=O)NCCn1cccn1. The van der Waals surface area contributed by atoms with E-state index >= 15 is 0 Å². The largest absolute Gasteiger partial charge is 0.316 e. The third kappa shape index (κ3) is 6.40. The lowest BCUT2D eigenvalue weighted by atomic mass is 10.5. The molecule has 0 spiro atoms. The fourth-order valence-electron chi connectivity index (χ4n) is 1.33. The molecule has 0 saturated carbocycles. The number of hydrogen-bond acceptors (Lipinski definition) is 4. The van der Waals surface area contributed by atoms with Gasteiger partial charge < -0.3 is 5.32 Å². The van der Waals surface area contributed by atoms with Crippen molar-refractivity contribution in [1.29, 1.82) is 0 Å². The normalized spacial score (nSPS) is 11.8. The molecule has 1 rings (SSSR count). The molecular weight excluding hydrogens is 240 g/mol. The van der Waals surface area contributed by atoms with E-state index in [1.165, 1.54) is 0 Å². The van der Waals surface area contributed by atoms with E-state index in [1.54, 1.807) is 17.1 Å². The van der Waals surface area contributed by atoms with Gasteiger partial charge in [0, 0.05) is 25.5 Å². The minimum Gasteiger partial charge on any atom is -0.316 e. The first-order valence-corrected chi connectivity index (χ1v) is 7.45. The first kappa shape index (κ1) is 14.1. The molecule has 0 saturated heterocycles. The van der Waals surface area contributed by atoms with Crippen molar-refractivity contribution >= 4 is 10.0 Å². The highest BCUT2D eigenvalue weighted by Gasteiger charge is 2.08. The molecule has 0 radical (unpaired) electrons. The first-order chi connectivity index (χ1) is 8.14. The molecule has 98 valence electrons. The molecule has 2 N–H and O–H groups in total. The van der Waals surface area contributed by atoms with Gasteiger partial charge in [0.25, 0.3) is 0 Å². The van der Waals surface area contributed by atoms with Gasteiger partial charge in [-0.25, -0.2) is 13.1 Å². The van der Waals surface area contributed by atoms with Gasteiger partial charge in [0.2, 0.25) is 10.0 Å². The van der Waals surface area contributed by atoms with Gasteiger partial charge in [0.05, 0.1) is 12.3 Å². The van der Waals surface area contributed by atoms with Crippen LogP contribution in [0.5, 0.6) is 0 Å². The summed E-state index contributed by atoms with van der Waals surface area (Å²) in [6, 6.07) is 1.81. The average Bonchev–Trinajstić information content (AvgIpc) is 2.77. The Morgan fingerprint density at radius 2 is 2.12 bits per heavy atom. The molecule has 0 unspecified atom stereocenters. The van der Waals surface area contributed by atoms with Crippen LogP contribution in [0.4, 0.5) is 0 Å². The molecular formula is C10H20N4O2S. The van der Waals surface area contributed by atoms with E-state index in [2.05, 4.69) is 15.1 Å². The highest BCUT2D eigenvalue weighted by atomic mass is 32.2. The fraction of sp³-hybridized carbons (Fsp3) is 0.700. The number of nitrogens with one attached hydrogen (secondary N) is 2. The van der Waals surface area contributed by atoms with Crippen LogP contribution in [0, 0.1) is 0 Å². The van der Waals surface area contributed by atoms with Gasteiger partial charge in [-0.15, -0.1) is 0 Å². The maximum absolute atomic E-state index is 11.5. The Morgan fingerprint density at radius 3 is 2.76 bits per heavy atom. The van der Waals surface area contributed by atoms with Crippen molar-refractivity contribution in [2.45, 2.75) is 19.9 Å². The number of aromatic nitrogens is 2. The van der Waals surface area contributed by atoms with E-state index in [-0.39, 0.29) is 5.75 Å². The minimum atomic E-state index is -3.17. The van der Waals surface area contributed by atoms with Crippen molar-refractivity contribution in [2.75, 3.05) is 25.4 Å². The lowest BCUT2D eigenvalue weighted by molar-refractivity contribution is 0.557. The number of rotatable bonds is 9. The Balaban J connectivity index is 2.16. The number of hydrogen-bond donors (Lipinski definition) is 2. The van der Waals surface area contributed by atoms with Crippen LogP contribution in [0.15, 0.2) is 18.5 Å². The summed E-state index contributed by atoms with van der Waals surface area (Å²) in [5.41, 5.74) is 0. The van der Waals surface area contributed by atoms with Crippen LogP contribution in [-0.2, 0) is 16.6 Å². The molecule has 0 aromatic carbocycles. The van der Waals surface area contributed by atoms with Gasteiger partial charge in [-0.2, -0.15) is 5.10 Å². The first-order valence-electron chi connectivity index (χ1n) is 5.79. The van der Waals surface area contributed by atoms with E-state index in [0.717, 1.165) is 13.0 Å². The monoisotopic (exact) mass is 260 g/mol. The summed E-state index contributed by atoms with van der Waals surface area (Å²) in [6.07, 6.45) is 4.48. The molecule has 0 aliphatic carbocycles. The van der Waals surface area contributed by atoms with Crippen LogP contribution in [0.2, 0.25) is 0 Å². The van der Waals surface area contributed by atoms with Crippen molar-refractivity contribution in [3.63, 3.8) is 0 Å². The van der Waals surface area contributed by atoms with E-state index < -0.39 is 10.0 Å². The Labute approximate surface area is 102 Å². The summed E-state index contributed by atoms with van der Waals surface area (Å²) in [5.74, 6) is 0.117. The van der Waals surface area contributed by atoms with Gasteiger partial charge in [0.1, 0.15) is 0 Å². The quantitative estimate of drug-likeness (QED) is 0.603. The van der Waals surface area contributed by atoms with Gasteiger partial charge in [0.15, 0.2) is 0 Å². The molecule has 1 heterocycles. The zero-order chi connectivity index (χ0) is 12.6. The molecule has 17 heavy (non-hydrogen) atoms. The van der Waals surface area contributed by atoms with Crippen LogP contribution >= 0.6 is 0 Å². The molecule has 0 aliphatic rings. The Hall–Kier alpha value is -0.920. The van der Waals surface area contributed by atoms with E-state index in [9.17, 15) is 8.42 Å². The predicted molar refractivity (Wildman–Crippen MR) is 67.2 cm³/mol. The topological polar surface area (TPSA) is 76.0 Å². The molecule has 0 atom stereocenters. The molecule has 0 fully saturated rings. The second kappa shape index (κ2) is 7.41. The maximum Gasteiger partial charge on any atom is 0.212 e. The van der Waals surface area contributed by atoms with Crippen molar-refractivity contribution in [2.24, 2.45) is 0 Å². The lowest BCUT2D eigenvalue weighted by Gasteiger charge is -2.07. The summed E-state index contributed by atoms with van der Waals surface area (Å²) in [4.78, 5) is 0. The van der Waals surface area contributed by atoms with Crippen LogP contribution in [0.3, 0.4) is 0 Å². The summed E-state index contributed by atoms with van der Waals surface area (Å²) >= 11 is 0. The Bertz CT molecular complexity index is 388. The lowest BCUT2D eigenvalue weighted by Crippen LogP contribution is -2.34. The molecule has 0 amide bonds. The van der Waals surface area contributed by atoms with Gasteiger partial charge in [-0.3, -0.25) is 4.68 Å². The van der Waals surface area contributed by atoms with E-state index in [1.807, 2.05) is 13.0 Å². The third-order valence-electron chi connectivity index (χ3n) is 2.20. The number of sulfonamides is 1. The van der Waals surface area contributed by atoms with Crippen LogP contribution < -0.4 is 10.0 Å².